The zero-order valence-corrected chi connectivity index (χ0v) is 19.8. The molecule has 6 nitrogen and oxygen atoms in total. The van der Waals surface area contributed by atoms with Crippen molar-refractivity contribution in [3.63, 3.8) is 0 Å². The van der Waals surface area contributed by atoms with Gasteiger partial charge in [0.15, 0.2) is 5.96 Å². The molecule has 0 saturated carbocycles. The molecule has 8 heteroatoms. The molecular formula is C21H35FIN5O. The van der Waals surface area contributed by atoms with Gasteiger partial charge in [0.05, 0.1) is 5.92 Å². The maximum Gasteiger partial charge on any atom is 0.222 e. The topological polar surface area (TPSA) is 82.8 Å². The van der Waals surface area contributed by atoms with Gasteiger partial charge in [-0.3, -0.25) is 9.79 Å². The Bertz CT molecular complexity index is 640. The number of hydrogen-bond acceptors (Lipinski definition) is 3. The van der Waals surface area contributed by atoms with E-state index in [0.29, 0.717) is 25.0 Å². The molecule has 1 heterocycles. The van der Waals surface area contributed by atoms with Gasteiger partial charge >= 0.3 is 0 Å². The van der Waals surface area contributed by atoms with Crippen LogP contribution in [0, 0.1) is 11.7 Å². The van der Waals surface area contributed by atoms with Crippen molar-refractivity contribution in [1.82, 2.24) is 15.5 Å². The summed E-state index contributed by atoms with van der Waals surface area (Å²) in [5, 5.41) is 6.48. The van der Waals surface area contributed by atoms with E-state index in [1.807, 2.05) is 0 Å². The van der Waals surface area contributed by atoms with Crippen LogP contribution in [-0.2, 0) is 11.2 Å². The third kappa shape index (κ3) is 9.29. The Morgan fingerprint density at radius 2 is 2.03 bits per heavy atom. The van der Waals surface area contributed by atoms with Crippen molar-refractivity contribution >= 4 is 35.8 Å². The first-order chi connectivity index (χ1) is 13.5. The molecular weight excluding hydrogens is 484 g/mol. The highest BCUT2D eigenvalue weighted by atomic mass is 127. The van der Waals surface area contributed by atoms with Crippen molar-refractivity contribution in [3.05, 3.63) is 35.6 Å². The third-order valence-corrected chi connectivity index (χ3v) is 5.39. The largest absolute Gasteiger partial charge is 0.369 e. The minimum absolute atomic E-state index is 0. The van der Waals surface area contributed by atoms with E-state index < -0.39 is 5.92 Å². The molecule has 2 atom stereocenters. The second-order valence-electron chi connectivity index (χ2n) is 7.54. The number of carbonyl (C=O) groups is 1. The van der Waals surface area contributed by atoms with Crippen LogP contribution in [0.3, 0.4) is 0 Å². The van der Waals surface area contributed by atoms with Gasteiger partial charge in [-0.15, -0.1) is 24.0 Å². The van der Waals surface area contributed by atoms with Crippen LogP contribution in [0.15, 0.2) is 29.3 Å². The fourth-order valence-electron chi connectivity index (χ4n) is 3.60. The van der Waals surface area contributed by atoms with E-state index in [1.165, 1.54) is 37.9 Å². The van der Waals surface area contributed by atoms with E-state index in [9.17, 15) is 9.18 Å². The number of guanidine groups is 1. The molecule has 2 rings (SSSR count). The minimum Gasteiger partial charge on any atom is -0.369 e. The van der Waals surface area contributed by atoms with Crippen molar-refractivity contribution < 1.29 is 9.18 Å². The Labute approximate surface area is 190 Å². The number of amides is 1. The fourth-order valence-corrected chi connectivity index (χ4v) is 3.60. The zero-order valence-electron chi connectivity index (χ0n) is 17.5. The molecule has 1 amide bonds. The molecule has 1 aromatic rings. The number of likely N-dealkylation sites (tertiary alicyclic amines) is 1. The van der Waals surface area contributed by atoms with Crippen molar-refractivity contribution in [2.24, 2.45) is 16.6 Å². The molecule has 1 saturated heterocycles. The molecule has 1 aromatic carbocycles. The van der Waals surface area contributed by atoms with Crippen molar-refractivity contribution in [2.75, 3.05) is 33.2 Å². The summed E-state index contributed by atoms with van der Waals surface area (Å²) in [5.74, 6) is -0.400. The Morgan fingerprint density at radius 1 is 1.31 bits per heavy atom. The molecule has 1 aliphatic heterocycles. The number of benzene rings is 1. The molecule has 2 unspecified atom stereocenters. The van der Waals surface area contributed by atoms with Gasteiger partial charge in [0.1, 0.15) is 5.82 Å². The van der Waals surface area contributed by atoms with Crippen LogP contribution in [0.4, 0.5) is 4.39 Å². The van der Waals surface area contributed by atoms with Crippen LogP contribution < -0.4 is 16.4 Å². The smallest absolute Gasteiger partial charge is 0.222 e. The van der Waals surface area contributed by atoms with Crippen LogP contribution in [0.25, 0.3) is 0 Å². The average molecular weight is 519 g/mol. The number of halogens is 2. The Balaban J connectivity index is 0.00000420. The Morgan fingerprint density at radius 3 is 2.66 bits per heavy atom. The summed E-state index contributed by atoms with van der Waals surface area (Å²) in [6.07, 6.45) is 5.43. The lowest BCUT2D eigenvalue weighted by Crippen LogP contribution is -2.44. The Kier molecular flexibility index (Phi) is 12.1. The van der Waals surface area contributed by atoms with E-state index in [1.54, 1.807) is 19.2 Å². The first kappa shape index (κ1) is 25.6. The number of nitrogens with two attached hydrogens (primary N) is 1. The van der Waals surface area contributed by atoms with Crippen molar-refractivity contribution in [1.29, 1.82) is 0 Å². The highest BCUT2D eigenvalue weighted by molar-refractivity contribution is 14.0. The standard InChI is InChI=1S/C21H34FN5O.HI/c1-16-6-3-4-12-27(16)13-5-11-25-21(24-2)26-15-18(20(23)28)14-17-7-9-19(22)10-8-17;/h7-10,16,18H,3-6,11-15H2,1-2H3,(H2,23,28)(H2,24,25,26);1H. The molecule has 1 aliphatic rings. The fraction of sp³-hybridized carbons (Fsp3) is 0.619. The number of aliphatic imine (C=N–C) groups is 1. The number of nitrogens with zero attached hydrogens (tertiary/aromatic N) is 2. The normalized spacial score (nSPS) is 18.6. The first-order valence-electron chi connectivity index (χ1n) is 10.2. The number of rotatable bonds is 9. The average Bonchev–Trinajstić information content (AvgIpc) is 2.69. The predicted molar refractivity (Wildman–Crippen MR) is 127 cm³/mol. The summed E-state index contributed by atoms with van der Waals surface area (Å²) >= 11 is 0. The molecule has 0 aromatic heterocycles. The minimum atomic E-state index is -0.391. The molecule has 0 aliphatic carbocycles. The summed E-state index contributed by atoms with van der Waals surface area (Å²) in [7, 11) is 1.71. The second-order valence-corrected chi connectivity index (χ2v) is 7.54. The summed E-state index contributed by atoms with van der Waals surface area (Å²) < 4.78 is 13.0. The van der Waals surface area contributed by atoms with E-state index >= 15 is 0 Å². The number of hydrogen-bond donors (Lipinski definition) is 3. The van der Waals surface area contributed by atoms with E-state index in [0.717, 1.165) is 25.1 Å². The van der Waals surface area contributed by atoms with E-state index in [2.05, 4.69) is 27.4 Å². The van der Waals surface area contributed by atoms with Crippen LogP contribution in [0.2, 0.25) is 0 Å². The molecule has 0 spiro atoms. The molecule has 164 valence electrons. The molecule has 29 heavy (non-hydrogen) atoms. The summed E-state index contributed by atoms with van der Waals surface area (Å²) in [5.41, 5.74) is 6.42. The van der Waals surface area contributed by atoms with Gasteiger partial charge in [-0.2, -0.15) is 0 Å². The summed E-state index contributed by atoms with van der Waals surface area (Å²) in [6, 6.07) is 6.82. The highest BCUT2D eigenvalue weighted by Crippen LogP contribution is 2.16. The number of primary amides is 1. The quantitative estimate of drug-likeness (QED) is 0.203. The van der Waals surface area contributed by atoms with Crippen LogP contribution in [0.1, 0.15) is 38.2 Å². The van der Waals surface area contributed by atoms with E-state index in [-0.39, 0.29) is 35.7 Å². The SMILES string of the molecule is CN=C(NCCCN1CCCCC1C)NCC(Cc1ccc(F)cc1)C(N)=O.I. The number of piperidine rings is 1. The van der Waals surface area contributed by atoms with Crippen molar-refractivity contribution in [2.45, 2.75) is 45.1 Å². The number of carbonyl (C=O) groups excluding carboxylic acids is 1. The zero-order chi connectivity index (χ0) is 20.4. The maximum absolute atomic E-state index is 13.0. The van der Waals surface area contributed by atoms with Crippen LogP contribution in [-0.4, -0.2) is 56.0 Å². The molecule has 0 radical (unpaired) electrons. The monoisotopic (exact) mass is 519 g/mol. The lowest BCUT2D eigenvalue weighted by atomic mass is 9.98. The van der Waals surface area contributed by atoms with Crippen molar-refractivity contribution in [3.8, 4) is 0 Å². The van der Waals surface area contributed by atoms with Gasteiger partial charge in [0.25, 0.3) is 0 Å². The molecule has 4 N–H and O–H groups in total. The van der Waals surface area contributed by atoms with Gasteiger partial charge in [-0.1, -0.05) is 18.6 Å². The summed E-state index contributed by atoms with van der Waals surface area (Å²) in [4.78, 5) is 18.5. The van der Waals surface area contributed by atoms with Gasteiger partial charge in [0.2, 0.25) is 5.91 Å². The Hall–Kier alpha value is -1.42. The van der Waals surface area contributed by atoms with Crippen LogP contribution >= 0.6 is 24.0 Å². The highest BCUT2D eigenvalue weighted by Gasteiger charge is 2.18. The maximum atomic E-state index is 13.0. The van der Waals surface area contributed by atoms with Crippen LogP contribution in [0.5, 0.6) is 0 Å². The van der Waals surface area contributed by atoms with Gasteiger partial charge < -0.3 is 21.3 Å². The first-order valence-corrected chi connectivity index (χ1v) is 10.2. The predicted octanol–water partition coefficient (Wildman–Crippen LogP) is 2.52. The molecule has 1 fully saturated rings. The van der Waals surface area contributed by atoms with Gasteiger partial charge in [-0.25, -0.2) is 4.39 Å². The van der Waals surface area contributed by atoms with E-state index in [4.69, 9.17) is 5.73 Å². The lowest BCUT2D eigenvalue weighted by molar-refractivity contribution is -0.121. The van der Waals surface area contributed by atoms with Gasteiger partial charge in [-0.05, 0) is 56.8 Å². The van der Waals surface area contributed by atoms with Gasteiger partial charge in [0, 0.05) is 32.7 Å². The summed E-state index contributed by atoms with van der Waals surface area (Å²) in [6.45, 7) is 5.78. The second kappa shape index (κ2) is 13.7. The third-order valence-electron chi connectivity index (χ3n) is 5.39. The number of nitrogens with one attached hydrogen (secondary N) is 2. The molecule has 0 bridgehead atoms. The lowest BCUT2D eigenvalue weighted by Gasteiger charge is -2.33.